The van der Waals surface area contributed by atoms with Crippen molar-refractivity contribution in [1.82, 2.24) is 4.90 Å². The zero-order valence-electron chi connectivity index (χ0n) is 16.0. The van der Waals surface area contributed by atoms with Gasteiger partial charge in [0.15, 0.2) is 0 Å². The molecule has 1 N–H and O–H groups in total. The smallest absolute Gasteiger partial charge is 0.465 e. The van der Waals surface area contributed by atoms with Crippen molar-refractivity contribution in [2.24, 2.45) is 0 Å². The summed E-state index contributed by atoms with van der Waals surface area (Å²) in [6, 6.07) is 5.40. The lowest BCUT2D eigenvalue weighted by Crippen LogP contribution is -2.46. The number of hydrogen-bond acceptors (Lipinski definition) is 3. The first kappa shape index (κ1) is 20.1. The van der Waals surface area contributed by atoms with Gasteiger partial charge in [0, 0.05) is 17.1 Å². The molecule has 2 rings (SSSR count). The molecular weight excluding hydrogens is 340 g/mol. The van der Waals surface area contributed by atoms with Gasteiger partial charge < -0.3 is 14.4 Å². The van der Waals surface area contributed by atoms with Crippen molar-refractivity contribution >= 4 is 30.3 Å². The maximum absolute atomic E-state index is 11.7. The average Bonchev–Trinajstić information content (AvgIpc) is 2.63. The van der Waals surface area contributed by atoms with Gasteiger partial charge in [-0.15, -0.1) is 0 Å². The molecular formula is C18H27BClNO4. The van der Waals surface area contributed by atoms with Crippen molar-refractivity contribution < 1.29 is 19.2 Å². The molecule has 0 atom stereocenters. The van der Waals surface area contributed by atoms with Gasteiger partial charge in [-0.3, -0.25) is 4.90 Å². The number of rotatable bonds is 3. The molecule has 1 fully saturated rings. The molecule has 1 amide bonds. The molecule has 0 radical (unpaired) electrons. The van der Waals surface area contributed by atoms with Crippen molar-refractivity contribution in [3.8, 4) is 0 Å². The number of carbonyl (C=O) groups is 1. The summed E-state index contributed by atoms with van der Waals surface area (Å²) in [5.74, 6) is 0. The van der Waals surface area contributed by atoms with Crippen LogP contribution in [0, 0.1) is 0 Å². The second kappa shape index (κ2) is 6.49. The molecule has 7 heteroatoms. The first-order valence-corrected chi connectivity index (χ1v) is 8.77. The number of halogens is 1. The molecule has 1 aromatic rings. The van der Waals surface area contributed by atoms with E-state index < -0.39 is 30.0 Å². The van der Waals surface area contributed by atoms with Crippen molar-refractivity contribution in [3.05, 3.63) is 28.8 Å². The highest BCUT2D eigenvalue weighted by atomic mass is 35.5. The molecule has 1 aliphatic rings. The highest BCUT2D eigenvalue weighted by Crippen LogP contribution is 2.37. The average molecular weight is 368 g/mol. The Labute approximate surface area is 155 Å². The number of carboxylic acid groups (broad SMARTS) is 1. The number of amides is 1. The molecule has 25 heavy (non-hydrogen) atoms. The Morgan fingerprint density at radius 2 is 1.72 bits per heavy atom. The Morgan fingerprint density at radius 3 is 2.16 bits per heavy atom. The van der Waals surface area contributed by atoms with Crippen molar-refractivity contribution in [2.75, 3.05) is 0 Å². The van der Waals surface area contributed by atoms with E-state index in [0.717, 1.165) is 11.0 Å². The Balaban J connectivity index is 2.41. The van der Waals surface area contributed by atoms with Gasteiger partial charge in [-0.2, -0.15) is 0 Å². The SMILES string of the molecule is CC(C)(C)N(Cc1cc(Cl)ccc1B1OC(C)(C)C(C)(C)O1)C(=O)O. The van der Waals surface area contributed by atoms with Crippen LogP contribution < -0.4 is 5.46 Å². The lowest BCUT2D eigenvalue weighted by molar-refractivity contribution is 0.00578. The summed E-state index contributed by atoms with van der Waals surface area (Å²) in [7, 11) is -0.562. The van der Waals surface area contributed by atoms with Gasteiger partial charge >= 0.3 is 13.2 Å². The standard InChI is InChI=1S/C18H27BClNO4/c1-16(2,3)21(15(22)23)11-12-10-13(20)8-9-14(12)19-24-17(4,5)18(6,7)25-19/h8-10H,11H2,1-7H3,(H,22,23). The van der Waals surface area contributed by atoms with Gasteiger partial charge in [0.2, 0.25) is 0 Å². The summed E-state index contributed by atoms with van der Waals surface area (Å²) in [4.78, 5) is 13.1. The fraction of sp³-hybridized carbons (Fsp3) is 0.611. The summed E-state index contributed by atoms with van der Waals surface area (Å²) in [5.41, 5.74) is 0.110. The number of benzene rings is 1. The Bertz CT molecular complexity index is 654. The maximum Gasteiger partial charge on any atom is 0.495 e. The molecule has 0 aromatic heterocycles. The van der Waals surface area contributed by atoms with Crippen LogP contribution in [-0.4, -0.2) is 40.0 Å². The molecule has 1 heterocycles. The summed E-state index contributed by atoms with van der Waals surface area (Å²) >= 11 is 6.17. The molecule has 5 nitrogen and oxygen atoms in total. The minimum atomic E-state index is -0.979. The van der Waals surface area contributed by atoms with Crippen LogP contribution in [0.15, 0.2) is 18.2 Å². The van der Waals surface area contributed by atoms with E-state index in [2.05, 4.69) is 0 Å². The highest BCUT2D eigenvalue weighted by Gasteiger charge is 2.52. The molecule has 0 bridgehead atoms. The molecule has 1 saturated heterocycles. The Morgan fingerprint density at radius 1 is 1.20 bits per heavy atom. The largest absolute Gasteiger partial charge is 0.495 e. The molecule has 138 valence electrons. The van der Waals surface area contributed by atoms with Crippen molar-refractivity contribution in [1.29, 1.82) is 0 Å². The Kier molecular flexibility index (Phi) is 5.21. The van der Waals surface area contributed by atoms with Gasteiger partial charge in [-0.1, -0.05) is 17.7 Å². The van der Waals surface area contributed by atoms with Gasteiger partial charge in [-0.05, 0) is 71.6 Å². The molecule has 0 unspecified atom stereocenters. The zero-order chi connectivity index (χ0) is 19.2. The lowest BCUT2D eigenvalue weighted by Gasteiger charge is -2.34. The first-order valence-electron chi connectivity index (χ1n) is 8.39. The van der Waals surface area contributed by atoms with Crippen molar-refractivity contribution in [2.45, 2.75) is 71.8 Å². The minimum Gasteiger partial charge on any atom is -0.465 e. The molecule has 0 saturated carbocycles. The fourth-order valence-corrected chi connectivity index (χ4v) is 2.87. The second-order valence-corrected chi connectivity index (χ2v) is 8.91. The predicted molar refractivity (Wildman–Crippen MR) is 100 cm³/mol. The van der Waals surface area contributed by atoms with E-state index >= 15 is 0 Å². The topological polar surface area (TPSA) is 59.0 Å². The summed E-state index contributed by atoms with van der Waals surface area (Å²) in [6.07, 6.45) is -0.979. The van der Waals surface area contributed by atoms with Crippen LogP contribution >= 0.6 is 11.6 Å². The summed E-state index contributed by atoms with van der Waals surface area (Å²) < 4.78 is 12.3. The van der Waals surface area contributed by atoms with Gasteiger partial charge in [0.1, 0.15) is 0 Å². The fourth-order valence-electron chi connectivity index (χ4n) is 2.67. The molecule has 1 aromatic carbocycles. The third-order valence-electron chi connectivity index (χ3n) is 4.98. The van der Waals surface area contributed by atoms with E-state index in [1.54, 1.807) is 12.1 Å². The van der Waals surface area contributed by atoms with Crippen molar-refractivity contribution in [3.63, 3.8) is 0 Å². The number of nitrogens with zero attached hydrogens (tertiary/aromatic N) is 1. The first-order chi connectivity index (χ1) is 11.2. The van der Waals surface area contributed by atoms with E-state index in [-0.39, 0.29) is 6.54 Å². The van der Waals surface area contributed by atoms with Crippen LogP contribution in [0.25, 0.3) is 0 Å². The molecule has 0 spiro atoms. The third-order valence-corrected chi connectivity index (χ3v) is 5.22. The predicted octanol–water partition coefficient (Wildman–Crippen LogP) is 3.92. The third kappa shape index (κ3) is 4.13. The van der Waals surface area contributed by atoms with Gasteiger partial charge in [0.05, 0.1) is 11.2 Å². The van der Waals surface area contributed by atoms with E-state index in [9.17, 15) is 9.90 Å². The van der Waals surface area contributed by atoms with Gasteiger partial charge in [-0.25, -0.2) is 4.79 Å². The van der Waals surface area contributed by atoms with Crippen LogP contribution in [0.5, 0.6) is 0 Å². The number of hydrogen-bond donors (Lipinski definition) is 1. The second-order valence-electron chi connectivity index (χ2n) is 8.47. The quantitative estimate of drug-likeness (QED) is 0.823. The van der Waals surface area contributed by atoms with Crippen LogP contribution in [0.4, 0.5) is 4.79 Å². The van der Waals surface area contributed by atoms with E-state index in [4.69, 9.17) is 20.9 Å². The van der Waals surface area contributed by atoms with E-state index in [1.807, 2.05) is 54.5 Å². The normalized spacial score (nSPS) is 19.1. The minimum absolute atomic E-state index is 0.207. The van der Waals surface area contributed by atoms with Crippen LogP contribution in [0.2, 0.25) is 5.02 Å². The maximum atomic E-state index is 11.7. The monoisotopic (exact) mass is 367 g/mol. The van der Waals surface area contributed by atoms with Crippen LogP contribution in [0.1, 0.15) is 54.0 Å². The molecule has 0 aliphatic carbocycles. The Hall–Kier alpha value is -1.24. The molecule has 1 aliphatic heterocycles. The summed E-state index contributed by atoms with van der Waals surface area (Å²) in [6.45, 7) is 13.7. The van der Waals surface area contributed by atoms with Crippen LogP contribution in [0.3, 0.4) is 0 Å². The van der Waals surface area contributed by atoms with E-state index in [1.165, 1.54) is 4.90 Å². The highest BCUT2D eigenvalue weighted by molar-refractivity contribution is 6.62. The van der Waals surface area contributed by atoms with Gasteiger partial charge in [0.25, 0.3) is 0 Å². The lowest BCUT2D eigenvalue weighted by atomic mass is 9.75. The van der Waals surface area contributed by atoms with E-state index in [0.29, 0.717) is 5.02 Å². The zero-order valence-corrected chi connectivity index (χ0v) is 16.8. The summed E-state index contributed by atoms with van der Waals surface area (Å²) in [5, 5.41) is 10.1. The van der Waals surface area contributed by atoms with Crippen LogP contribution in [-0.2, 0) is 15.9 Å².